The van der Waals surface area contributed by atoms with Gasteiger partial charge in [-0.1, -0.05) is 0 Å². The van der Waals surface area contributed by atoms with Gasteiger partial charge in [-0.3, -0.25) is 0 Å². The van der Waals surface area contributed by atoms with Crippen LogP contribution in [0.1, 0.15) is 19.3 Å². The number of fused-ring (bicyclic) bond motifs is 2. The van der Waals surface area contributed by atoms with Crippen LogP contribution in [0.2, 0.25) is 0 Å². The van der Waals surface area contributed by atoms with Crippen LogP contribution in [0.4, 0.5) is 18.0 Å². The molecule has 0 aromatic rings. The number of rotatable bonds is 2. The first kappa shape index (κ1) is 12.5. The van der Waals surface area contributed by atoms with Gasteiger partial charge in [0.15, 0.2) is 0 Å². The van der Waals surface area contributed by atoms with Gasteiger partial charge in [-0.25, -0.2) is 4.79 Å². The van der Waals surface area contributed by atoms with E-state index >= 15 is 0 Å². The van der Waals surface area contributed by atoms with Crippen LogP contribution in [0.15, 0.2) is 0 Å². The summed E-state index contributed by atoms with van der Waals surface area (Å²) in [5.41, 5.74) is 0. The second kappa shape index (κ2) is 4.36. The molecule has 1 saturated carbocycles. The van der Waals surface area contributed by atoms with Gasteiger partial charge in [0, 0.05) is 6.04 Å². The van der Waals surface area contributed by atoms with Gasteiger partial charge in [0.25, 0.3) is 0 Å². The molecule has 1 saturated heterocycles. The molecule has 0 spiro atoms. The standard InChI is InChI=1S/C10H15F3N2O2/c11-10(12,13)5-14-9(17)15-7-2-1-6(3-7)8(15)4-16/h6-8,16H,1-5H2,(H,14,17). The summed E-state index contributed by atoms with van der Waals surface area (Å²) in [7, 11) is 0. The van der Waals surface area contributed by atoms with Gasteiger partial charge >= 0.3 is 12.2 Å². The summed E-state index contributed by atoms with van der Waals surface area (Å²) in [6.45, 7) is -1.50. The number of aliphatic hydroxyl groups excluding tert-OH is 1. The summed E-state index contributed by atoms with van der Waals surface area (Å²) < 4.78 is 36.0. The number of nitrogens with zero attached hydrogens (tertiary/aromatic N) is 1. The molecule has 2 bridgehead atoms. The largest absolute Gasteiger partial charge is 0.405 e. The number of piperidine rings is 1. The average molecular weight is 252 g/mol. The molecular formula is C10H15F3N2O2. The fraction of sp³-hybridized carbons (Fsp3) is 0.900. The number of nitrogens with one attached hydrogen (secondary N) is 1. The number of amides is 2. The number of urea groups is 1. The number of alkyl halides is 3. The Balaban J connectivity index is 1.95. The second-order valence-electron chi connectivity index (χ2n) is 4.66. The van der Waals surface area contributed by atoms with Crippen LogP contribution in [0, 0.1) is 5.92 Å². The van der Waals surface area contributed by atoms with Crippen molar-refractivity contribution in [1.29, 1.82) is 0 Å². The number of carbonyl (C=O) groups excluding carboxylic acids is 1. The van der Waals surface area contributed by atoms with Crippen LogP contribution in [0.5, 0.6) is 0 Å². The molecule has 98 valence electrons. The van der Waals surface area contributed by atoms with Gasteiger partial charge in [0.1, 0.15) is 6.54 Å². The molecule has 0 aromatic carbocycles. The Bertz CT molecular complexity index is 308. The molecule has 0 radical (unpaired) electrons. The zero-order valence-electron chi connectivity index (χ0n) is 9.20. The van der Waals surface area contributed by atoms with E-state index in [0.717, 1.165) is 19.3 Å². The lowest BCUT2D eigenvalue weighted by Gasteiger charge is -2.34. The molecule has 2 rings (SSSR count). The van der Waals surface area contributed by atoms with E-state index in [4.69, 9.17) is 0 Å². The lowest BCUT2D eigenvalue weighted by molar-refractivity contribution is -0.123. The molecule has 1 aliphatic heterocycles. The quantitative estimate of drug-likeness (QED) is 0.773. The van der Waals surface area contributed by atoms with Crippen molar-refractivity contribution in [2.24, 2.45) is 5.92 Å². The van der Waals surface area contributed by atoms with Gasteiger partial charge in [-0.05, 0) is 25.2 Å². The first-order chi connectivity index (χ1) is 7.92. The first-order valence-electron chi connectivity index (χ1n) is 5.66. The Kier molecular flexibility index (Phi) is 3.20. The Morgan fingerprint density at radius 3 is 2.71 bits per heavy atom. The minimum Gasteiger partial charge on any atom is -0.394 e. The van der Waals surface area contributed by atoms with Gasteiger partial charge in [-0.2, -0.15) is 13.2 Å². The van der Waals surface area contributed by atoms with Crippen LogP contribution in [-0.2, 0) is 0 Å². The van der Waals surface area contributed by atoms with Gasteiger partial charge < -0.3 is 15.3 Å². The average Bonchev–Trinajstić information content (AvgIpc) is 2.83. The predicted octanol–water partition coefficient (Wildman–Crippen LogP) is 1.10. The number of halogens is 3. The molecule has 7 heteroatoms. The van der Waals surface area contributed by atoms with E-state index in [0.29, 0.717) is 0 Å². The third-order valence-electron chi connectivity index (χ3n) is 3.60. The molecule has 17 heavy (non-hydrogen) atoms. The van der Waals surface area contributed by atoms with E-state index in [9.17, 15) is 23.1 Å². The van der Waals surface area contributed by atoms with Crippen LogP contribution in [0.25, 0.3) is 0 Å². The van der Waals surface area contributed by atoms with E-state index < -0.39 is 18.8 Å². The maximum absolute atomic E-state index is 12.0. The van der Waals surface area contributed by atoms with Gasteiger partial charge in [0.2, 0.25) is 0 Å². The van der Waals surface area contributed by atoms with E-state index in [2.05, 4.69) is 0 Å². The zero-order chi connectivity index (χ0) is 12.6. The molecule has 3 atom stereocenters. The van der Waals surface area contributed by atoms with E-state index in [1.807, 2.05) is 5.32 Å². The van der Waals surface area contributed by atoms with Crippen molar-refractivity contribution in [3.63, 3.8) is 0 Å². The Labute approximate surface area is 96.8 Å². The highest BCUT2D eigenvalue weighted by Crippen LogP contribution is 2.42. The number of hydrogen-bond donors (Lipinski definition) is 2. The predicted molar refractivity (Wildman–Crippen MR) is 53.3 cm³/mol. The van der Waals surface area contributed by atoms with Crippen LogP contribution in [0.3, 0.4) is 0 Å². The second-order valence-corrected chi connectivity index (χ2v) is 4.66. The van der Waals surface area contributed by atoms with Gasteiger partial charge in [0.05, 0.1) is 12.6 Å². The summed E-state index contributed by atoms with van der Waals surface area (Å²) in [5, 5.41) is 11.1. The molecule has 1 heterocycles. The molecule has 1 aliphatic carbocycles. The summed E-state index contributed by atoms with van der Waals surface area (Å²) in [6, 6.07) is -1.04. The fourth-order valence-corrected chi connectivity index (χ4v) is 2.91. The lowest BCUT2D eigenvalue weighted by atomic mass is 10.00. The summed E-state index contributed by atoms with van der Waals surface area (Å²) in [5.74, 6) is 0.238. The van der Waals surface area contributed by atoms with Crippen LogP contribution >= 0.6 is 0 Å². The topological polar surface area (TPSA) is 52.6 Å². The number of carbonyl (C=O) groups is 1. The highest BCUT2D eigenvalue weighted by molar-refractivity contribution is 5.75. The van der Waals surface area contributed by atoms with E-state index in [1.54, 1.807) is 0 Å². The summed E-state index contributed by atoms with van der Waals surface area (Å²) in [6.07, 6.45) is -1.84. The lowest BCUT2D eigenvalue weighted by Crippen LogP contribution is -2.52. The SMILES string of the molecule is O=C(NCC(F)(F)F)N1C2CCC(C2)C1CO. The van der Waals surface area contributed by atoms with Crippen molar-refractivity contribution in [1.82, 2.24) is 10.2 Å². The van der Waals surface area contributed by atoms with Crippen molar-refractivity contribution in [3.05, 3.63) is 0 Å². The first-order valence-corrected chi connectivity index (χ1v) is 5.66. The maximum Gasteiger partial charge on any atom is 0.405 e. The molecule has 2 fully saturated rings. The Morgan fingerprint density at radius 2 is 2.12 bits per heavy atom. The Hall–Kier alpha value is -0.980. The smallest absolute Gasteiger partial charge is 0.394 e. The highest BCUT2D eigenvalue weighted by atomic mass is 19.4. The van der Waals surface area contributed by atoms with Crippen molar-refractivity contribution in [2.45, 2.75) is 37.5 Å². The third kappa shape index (κ3) is 2.48. The highest BCUT2D eigenvalue weighted by Gasteiger charge is 2.48. The molecule has 2 amide bonds. The number of likely N-dealkylation sites (tertiary alicyclic amines) is 1. The minimum atomic E-state index is -4.40. The van der Waals surface area contributed by atoms with Crippen molar-refractivity contribution in [3.8, 4) is 0 Å². The van der Waals surface area contributed by atoms with E-state index in [-0.39, 0.29) is 24.6 Å². The Morgan fingerprint density at radius 1 is 1.41 bits per heavy atom. The third-order valence-corrected chi connectivity index (χ3v) is 3.60. The minimum absolute atomic E-state index is 0.00890. The number of hydrogen-bond acceptors (Lipinski definition) is 2. The molecule has 3 unspecified atom stereocenters. The number of aliphatic hydroxyl groups is 1. The van der Waals surface area contributed by atoms with Gasteiger partial charge in [-0.15, -0.1) is 0 Å². The molecule has 2 N–H and O–H groups in total. The van der Waals surface area contributed by atoms with Crippen molar-refractivity contribution < 1.29 is 23.1 Å². The van der Waals surface area contributed by atoms with E-state index in [1.165, 1.54) is 4.90 Å². The molecule has 2 aliphatic rings. The maximum atomic E-state index is 12.0. The molecule has 0 aromatic heterocycles. The van der Waals surface area contributed by atoms with Crippen LogP contribution < -0.4 is 5.32 Å². The van der Waals surface area contributed by atoms with Crippen LogP contribution in [-0.4, -0.2) is 47.4 Å². The fourth-order valence-electron chi connectivity index (χ4n) is 2.91. The molecule has 4 nitrogen and oxygen atoms in total. The monoisotopic (exact) mass is 252 g/mol. The van der Waals surface area contributed by atoms with Crippen molar-refractivity contribution in [2.75, 3.05) is 13.2 Å². The summed E-state index contributed by atoms with van der Waals surface area (Å²) in [4.78, 5) is 13.0. The zero-order valence-corrected chi connectivity index (χ0v) is 9.20. The normalized spacial score (nSPS) is 32.0. The van der Waals surface area contributed by atoms with Crippen molar-refractivity contribution >= 4 is 6.03 Å². The molecular weight excluding hydrogens is 237 g/mol. The summed E-state index contributed by atoms with van der Waals surface area (Å²) >= 11 is 0.